The van der Waals surface area contributed by atoms with Gasteiger partial charge in [-0.05, 0) is 80.6 Å². The van der Waals surface area contributed by atoms with Crippen molar-refractivity contribution in [2.75, 3.05) is 7.11 Å². The van der Waals surface area contributed by atoms with E-state index in [0.29, 0.717) is 0 Å². The van der Waals surface area contributed by atoms with Gasteiger partial charge in [-0.3, -0.25) is 4.79 Å². The van der Waals surface area contributed by atoms with Crippen LogP contribution in [0.1, 0.15) is 45.6 Å². The number of ether oxygens (including phenoxy) is 2. The van der Waals surface area contributed by atoms with Gasteiger partial charge in [0.25, 0.3) is 5.91 Å². The lowest BCUT2D eigenvalue weighted by Gasteiger charge is -2.40. The maximum absolute atomic E-state index is 12.7. The van der Waals surface area contributed by atoms with Crippen LogP contribution in [0.15, 0.2) is 42.5 Å². The summed E-state index contributed by atoms with van der Waals surface area (Å²) in [5.41, 5.74) is 0.886. The number of likely N-dealkylation sites (tertiary alicyclic amines) is 1. The first-order valence-corrected chi connectivity index (χ1v) is 10.2. The third-order valence-corrected chi connectivity index (χ3v) is 5.57. The first-order valence-electron chi connectivity index (χ1n) is 10.2. The fourth-order valence-electron chi connectivity index (χ4n) is 3.97. The summed E-state index contributed by atoms with van der Waals surface area (Å²) in [7, 11) is 1.64. The van der Waals surface area contributed by atoms with Gasteiger partial charge in [-0.15, -0.1) is 0 Å². The second-order valence-electron chi connectivity index (χ2n) is 7.76. The van der Waals surface area contributed by atoms with Crippen LogP contribution in [0.3, 0.4) is 0 Å². The maximum Gasteiger partial charge on any atom is 0.331 e. The van der Waals surface area contributed by atoms with Crippen molar-refractivity contribution in [2.45, 2.75) is 58.2 Å². The molecule has 0 unspecified atom stereocenters. The number of benzene rings is 2. The quantitative estimate of drug-likeness (QED) is 0.549. The molecule has 0 radical (unpaired) electrons. The average Bonchev–Trinajstić information content (AvgIpc) is 2.71. The summed E-state index contributed by atoms with van der Waals surface area (Å²) in [6.45, 7) is 5.75. The van der Waals surface area contributed by atoms with E-state index in [-0.39, 0.29) is 18.0 Å². The third kappa shape index (κ3) is 4.97. The van der Waals surface area contributed by atoms with Crippen LogP contribution >= 0.6 is 0 Å². The Balaban J connectivity index is 1.63. The van der Waals surface area contributed by atoms with Crippen molar-refractivity contribution in [2.24, 2.45) is 0 Å². The topological polar surface area (TPSA) is 55.8 Å². The summed E-state index contributed by atoms with van der Waals surface area (Å²) in [4.78, 5) is 26.8. The number of hydrogen-bond acceptors (Lipinski definition) is 4. The van der Waals surface area contributed by atoms with Crippen molar-refractivity contribution in [3.05, 3.63) is 48.0 Å². The number of hydrogen-bond donors (Lipinski definition) is 0. The smallest absolute Gasteiger partial charge is 0.331 e. The zero-order chi connectivity index (χ0) is 21.0. The van der Waals surface area contributed by atoms with Crippen LogP contribution in [0, 0.1) is 0 Å². The molecule has 2 aromatic rings. The van der Waals surface area contributed by atoms with E-state index in [0.717, 1.165) is 41.3 Å². The minimum Gasteiger partial charge on any atom is -0.497 e. The van der Waals surface area contributed by atoms with Gasteiger partial charge < -0.3 is 14.4 Å². The standard InChI is InChI=1S/C24H29NO4/c1-16-6-5-7-17(2)25(16)24(27)18(3)29-23(26)13-9-19-8-10-21-15-22(28-4)12-11-20(21)14-19/h8-18H,5-7H2,1-4H3/b13-9+/t16-,17-,18+/m0/s1. The zero-order valence-corrected chi connectivity index (χ0v) is 17.6. The lowest BCUT2D eigenvalue weighted by Crippen LogP contribution is -2.51. The number of fused-ring (bicyclic) bond motifs is 1. The van der Waals surface area contributed by atoms with Crippen LogP contribution in [0.4, 0.5) is 0 Å². The fraction of sp³-hybridized carbons (Fsp3) is 0.417. The number of piperidine rings is 1. The van der Waals surface area contributed by atoms with Crippen molar-refractivity contribution in [1.82, 2.24) is 4.90 Å². The molecule has 1 amide bonds. The van der Waals surface area contributed by atoms with Gasteiger partial charge in [0.15, 0.2) is 6.10 Å². The summed E-state index contributed by atoms with van der Waals surface area (Å²) in [6.07, 6.45) is 5.39. The summed E-state index contributed by atoms with van der Waals surface area (Å²) in [5, 5.41) is 2.12. The first-order chi connectivity index (χ1) is 13.9. The molecule has 5 nitrogen and oxygen atoms in total. The zero-order valence-electron chi connectivity index (χ0n) is 17.6. The van der Waals surface area contributed by atoms with Crippen LogP contribution < -0.4 is 4.74 Å². The van der Waals surface area contributed by atoms with Crippen molar-refractivity contribution in [3.8, 4) is 5.75 Å². The Morgan fingerprint density at radius 3 is 2.41 bits per heavy atom. The van der Waals surface area contributed by atoms with Gasteiger partial charge in [0.1, 0.15) is 5.75 Å². The van der Waals surface area contributed by atoms with Gasteiger partial charge in [0.05, 0.1) is 7.11 Å². The minimum atomic E-state index is -0.792. The molecule has 3 rings (SSSR count). The monoisotopic (exact) mass is 395 g/mol. The molecule has 0 aliphatic carbocycles. The number of carbonyl (C=O) groups excluding carboxylic acids is 2. The molecule has 0 N–H and O–H groups in total. The fourth-order valence-corrected chi connectivity index (χ4v) is 3.97. The molecule has 2 aromatic carbocycles. The van der Waals surface area contributed by atoms with Crippen LogP contribution in [0.2, 0.25) is 0 Å². The molecule has 0 spiro atoms. The highest BCUT2D eigenvalue weighted by atomic mass is 16.5. The third-order valence-electron chi connectivity index (χ3n) is 5.57. The predicted octanol–water partition coefficient (Wildman–Crippen LogP) is 4.58. The van der Waals surface area contributed by atoms with Crippen LogP contribution in [0.25, 0.3) is 16.8 Å². The number of rotatable bonds is 5. The van der Waals surface area contributed by atoms with Gasteiger partial charge in [-0.25, -0.2) is 4.79 Å². The highest BCUT2D eigenvalue weighted by Gasteiger charge is 2.32. The molecular weight excluding hydrogens is 366 g/mol. The number of methoxy groups -OCH3 is 1. The van der Waals surface area contributed by atoms with Gasteiger partial charge >= 0.3 is 5.97 Å². The Hall–Kier alpha value is -2.82. The van der Waals surface area contributed by atoms with Crippen molar-refractivity contribution in [3.63, 3.8) is 0 Å². The Morgan fingerprint density at radius 1 is 1.07 bits per heavy atom. The van der Waals surface area contributed by atoms with Crippen molar-refractivity contribution < 1.29 is 19.1 Å². The molecule has 1 heterocycles. The first kappa shape index (κ1) is 20.9. The largest absolute Gasteiger partial charge is 0.497 e. The van der Waals surface area contributed by atoms with Crippen LogP contribution in [-0.4, -0.2) is 42.1 Å². The second kappa shape index (κ2) is 9.12. The molecule has 5 heteroatoms. The minimum absolute atomic E-state index is 0.119. The van der Waals surface area contributed by atoms with E-state index < -0.39 is 12.1 Å². The molecule has 1 fully saturated rings. The summed E-state index contributed by atoms with van der Waals surface area (Å²) in [5.74, 6) is 0.171. The van der Waals surface area contributed by atoms with Gasteiger partial charge in [0.2, 0.25) is 0 Å². The Bertz CT molecular complexity index is 910. The molecule has 1 aliphatic heterocycles. The van der Waals surface area contributed by atoms with E-state index in [1.165, 1.54) is 6.08 Å². The molecule has 1 aliphatic rings. The van der Waals surface area contributed by atoms with Crippen molar-refractivity contribution >= 4 is 28.7 Å². The van der Waals surface area contributed by atoms with E-state index in [1.807, 2.05) is 41.3 Å². The van der Waals surface area contributed by atoms with E-state index in [2.05, 4.69) is 13.8 Å². The molecular formula is C24H29NO4. The molecule has 0 aromatic heterocycles. The van der Waals surface area contributed by atoms with Crippen molar-refractivity contribution in [1.29, 1.82) is 0 Å². The predicted molar refractivity (Wildman–Crippen MR) is 115 cm³/mol. The highest BCUT2D eigenvalue weighted by molar-refractivity contribution is 5.92. The molecule has 0 bridgehead atoms. The number of amides is 1. The van der Waals surface area contributed by atoms with E-state index in [4.69, 9.17) is 9.47 Å². The lowest BCUT2D eigenvalue weighted by molar-refractivity contribution is -0.158. The van der Waals surface area contributed by atoms with Gasteiger partial charge in [-0.2, -0.15) is 0 Å². The Labute approximate surface area is 172 Å². The highest BCUT2D eigenvalue weighted by Crippen LogP contribution is 2.24. The van der Waals surface area contributed by atoms with Gasteiger partial charge in [-0.1, -0.05) is 18.2 Å². The molecule has 3 atom stereocenters. The average molecular weight is 395 g/mol. The summed E-state index contributed by atoms with van der Waals surface area (Å²) < 4.78 is 10.6. The number of carbonyl (C=O) groups is 2. The SMILES string of the molecule is COc1ccc2cc(/C=C/C(=O)O[C@H](C)C(=O)N3[C@@H](C)CCC[C@@H]3C)ccc2c1. The lowest BCUT2D eigenvalue weighted by atomic mass is 9.97. The summed E-state index contributed by atoms with van der Waals surface area (Å²) >= 11 is 0. The second-order valence-corrected chi connectivity index (χ2v) is 7.76. The molecule has 0 saturated carbocycles. The normalized spacial score (nSPS) is 20.6. The Kier molecular flexibility index (Phi) is 6.57. The molecule has 1 saturated heterocycles. The Morgan fingerprint density at radius 2 is 1.72 bits per heavy atom. The van der Waals surface area contributed by atoms with E-state index in [1.54, 1.807) is 20.1 Å². The summed E-state index contributed by atoms with van der Waals surface area (Å²) in [6, 6.07) is 12.1. The number of esters is 1. The molecule has 29 heavy (non-hydrogen) atoms. The molecule has 154 valence electrons. The van der Waals surface area contributed by atoms with E-state index in [9.17, 15) is 9.59 Å². The van der Waals surface area contributed by atoms with Gasteiger partial charge in [0, 0.05) is 18.2 Å². The maximum atomic E-state index is 12.7. The van der Waals surface area contributed by atoms with Crippen LogP contribution in [0.5, 0.6) is 5.75 Å². The number of nitrogens with zero attached hydrogens (tertiary/aromatic N) is 1. The van der Waals surface area contributed by atoms with Crippen LogP contribution in [-0.2, 0) is 14.3 Å². The van der Waals surface area contributed by atoms with E-state index >= 15 is 0 Å².